The van der Waals surface area contributed by atoms with Crippen LogP contribution in [0.15, 0.2) is 60.7 Å². The molecule has 1 N–H and O–H groups in total. The lowest BCUT2D eigenvalue weighted by Crippen LogP contribution is -2.11. The zero-order valence-electron chi connectivity index (χ0n) is 14.6. The number of nitrogens with zero attached hydrogens (tertiary/aromatic N) is 2. The molecule has 1 aromatic heterocycles. The highest BCUT2D eigenvalue weighted by atomic mass is 19.4. The molecule has 1 aliphatic heterocycles. The molecule has 0 fully saturated rings. The van der Waals surface area contributed by atoms with Gasteiger partial charge in [-0.15, -0.1) is 10.2 Å². The molecule has 0 aliphatic carbocycles. The summed E-state index contributed by atoms with van der Waals surface area (Å²) in [6.07, 6.45) is -2.59. The third-order valence-electron chi connectivity index (χ3n) is 4.58. The second-order valence-corrected chi connectivity index (χ2v) is 6.40. The van der Waals surface area contributed by atoms with E-state index in [0.717, 1.165) is 22.8 Å². The molecular formula is C21H15F4N3. The highest BCUT2D eigenvalue weighted by molar-refractivity contribution is 5.83. The van der Waals surface area contributed by atoms with Crippen molar-refractivity contribution in [1.82, 2.24) is 15.5 Å². The number of halogens is 4. The van der Waals surface area contributed by atoms with E-state index in [9.17, 15) is 17.6 Å². The monoisotopic (exact) mass is 385 g/mol. The first-order valence-corrected chi connectivity index (χ1v) is 8.64. The van der Waals surface area contributed by atoms with Crippen molar-refractivity contribution in [2.75, 3.05) is 6.54 Å². The molecule has 0 atom stereocenters. The minimum Gasteiger partial charge on any atom is -0.309 e. The molecule has 0 saturated heterocycles. The van der Waals surface area contributed by atoms with Crippen molar-refractivity contribution in [3.8, 4) is 11.3 Å². The van der Waals surface area contributed by atoms with Gasteiger partial charge in [-0.3, -0.25) is 0 Å². The van der Waals surface area contributed by atoms with E-state index in [1.54, 1.807) is 24.3 Å². The van der Waals surface area contributed by atoms with Crippen LogP contribution in [0.2, 0.25) is 0 Å². The van der Waals surface area contributed by atoms with E-state index in [2.05, 4.69) is 15.5 Å². The summed E-state index contributed by atoms with van der Waals surface area (Å²) >= 11 is 0. The van der Waals surface area contributed by atoms with E-state index >= 15 is 0 Å². The van der Waals surface area contributed by atoms with Gasteiger partial charge in [-0.05, 0) is 41.0 Å². The van der Waals surface area contributed by atoms with Crippen molar-refractivity contribution < 1.29 is 17.6 Å². The molecule has 142 valence electrons. The Labute approximate surface area is 158 Å². The summed E-state index contributed by atoms with van der Waals surface area (Å²) < 4.78 is 52.4. The van der Waals surface area contributed by atoms with Gasteiger partial charge in [0, 0.05) is 24.2 Å². The summed E-state index contributed by atoms with van der Waals surface area (Å²) in [7, 11) is 0. The first-order valence-electron chi connectivity index (χ1n) is 8.64. The average Bonchev–Trinajstić information content (AvgIpc) is 2.90. The molecule has 28 heavy (non-hydrogen) atoms. The lowest BCUT2D eigenvalue weighted by Gasteiger charge is -2.13. The summed E-state index contributed by atoms with van der Waals surface area (Å²) in [5.74, 6) is -0.306. The molecule has 1 aliphatic rings. The second kappa shape index (κ2) is 7.16. The largest absolute Gasteiger partial charge is 0.435 e. The van der Waals surface area contributed by atoms with Gasteiger partial charge in [-0.1, -0.05) is 36.4 Å². The Hall–Kier alpha value is -3.06. The van der Waals surface area contributed by atoms with Crippen LogP contribution in [0.3, 0.4) is 0 Å². The minimum absolute atomic E-state index is 0.306. The van der Waals surface area contributed by atoms with Gasteiger partial charge < -0.3 is 5.32 Å². The predicted octanol–water partition coefficient (Wildman–Crippen LogP) is 4.84. The highest BCUT2D eigenvalue weighted by Gasteiger charge is 2.32. The SMILES string of the molecule is Fc1ccccc1C1=CCNCc2cc(-c3ccc(C(F)(F)F)nn3)ccc21. The maximum atomic E-state index is 14.3. The van der Waals surface area contributed by atoms with Gasteiger partial charge in [-0.2, -0.15) is 13.2 Å². The smallest absolute Gasteiger partial charge is 0.309 e. The quantitative estimate of drug-likeness (QED) is 0.642. The molecule has 2 aromatic carbocycles. The van der Waals surface area contributed by atoms with Crippen LogP contribution in [0.1, 0.15) is 22.4 Å². The topological polar surface area (TPSA) is 37.8 Å². The Balaban J connectivity index is 1.73. The van der Waals surface area contributed by atoms with Crippen LogP contribution in [0.4, 0.5) is 17.6 Å². The van der Waals surface area contributed by atoms with Crippen LogP contribution in [0, 0.1) is 5.82 Å². The van der Waals surface area contributed by atoms with E-state index in [0.29, 0.717) is 29.9 Å². The van der Waals surface area contributed by atoms with Crippen LogP contribution >= 0.6 is 0 Å². The molecule has 3 aromatic rings. The fourth-order valence-corrected chi connectivity index (χ4v) is 3.23. The number of rotatable bonds is 2. The van der Waals surface area contributed by atoms with Crippen molar-refractivity contribution in [2.45, 2.75) is 12.7 Å². The molecule has 3 nitrogen and oxygen atoms in total. The molecule has 0 radical (unpaired) electrons. The predicted molar refractivity (Wildman–Crippen MR) is 97.7 cm³/mol. The van der Waals surface area contributed by atoms with Gasteiger partial charge >= 0.3 is 6.18 Å². The number of hydrogen-bond acceptors (Lipinski definition) is 3. The third kappa shape index (κ3) is 3.53. The molecule has 7 heteroatoms. The average molecular weight is 385 g/mol. The number of aromatic nitrogens is 2. The van der Waals surface area contributed by atoms with E-state index in [4.69, 9.17) is 0 Å². The van der Waals surface area contributed by atoms with Crippen LogP contribution in [-0.4, -0.2) is 16.7 Å². The summed E-state index contributed by atoms with van der Waals surface area (Å²) in [6, 6.07) is 14.2. The number of fused-ring (bicyclic) bond motifs is 1. The van der Waals surface area contributed by atoms with Crippen molar-refractivity contribution in [1.29, 1.82) is 0 Å². The van der Waals surface area contributed by atoms with Gasteiger partial charge in [-0.25, -0.2) is 4.39 Å². The zero-order valence-corrected chi connectivity index (χ0v) is 14.6. The van der Waals surface area contributed by atoms with E-state index in [1.807, 2.05) is 18.2 Å². The van der Waals surface area contributed by atoms with E-state index in [1.165, 1.54) is 12.1 Å². The number of benzene rings is 2. The Morgan fingerprint density at radius 2 is 1.71 bits per heavy atom. The number of alkyl halides is 3. The summed E-state index contributed by atoms with van der Waals surface area (Å²) in [5, 5.41) is 10.2. The lowest BCUT2D eigenvalue weighted by atomic mass is 9.92. The van der Waals surface area contributed by atoms with Crippen LogP contribution in [0.5, 0.6) is 0 Å². The molecule has 2 heterocycles. The number of hydrogen-bond donors (Lipinski definition) is 1. The molecule has 0 unspecified atom stereocenters. The van der Waals surface area contributed by atoms with Crippen LogP contribution < -0.4 is 5.32 Å². The normalized spacial score (nSPS) is 14.2. The first kappa shape index (κ1) is 18.3. The fraction of sp³-hybridized carbons (Fsp3) is 0.143. The van der Waals surface area contributed by atoms with Crippen LogP contribution in [-0.2, 0) is 12.7 Å². The van der Waals surface area contributed by atoms with Gasteiger partial charge in [0.05, 0.1) is 5.69 Å². The minimum atomic E-state index is -4.53. The van der Waals surface area contributed by atoms with Gasteiger partial charge in [0.2, 0.25) is 0 Å². The molecule has 0 saturated carbocycles. The molecule has 4 rings (SSSR count). The molecule has 0 spiro atoms. The summed E-state index contributed by atoms with van der Waals surface area (Å²) in [6.45, 7) is 1.12. The van der Waals surface area contributed by atoms with Gasteiger partial charge in [0.15, 0.2) is 5.69 Å². The Kier molecular flexibility index (Phi) is 4.68. The fourth-order valence-electron chi connectivity index (χ4n) is 3.23. The first-order chi connectivity index (χ1) is 13.4. The van der Waals surface area contributed by atoms with Crippen molar-refractivity contribution >= 4 is 5.57 Å². The maximum Gasteiger partial charge on any atom is 0.435 e. The van der Waals surface area contributed by atoms with E-state index < -0.39 is 11.9 Å². The number of nitrogens with one attached hydrogen (secondary N) is 1. The van der Waals surface area contributed by atoms with E-state index in [-0.39, 0.29) is 5.82 Å². The lowest BCUT2D eigenvalue weighted by molar-refractivity contribution is -0.141. The molecule has 0 amide bonds. The van der Waals surface area contributed by atoms with Crippen LogP contribution in [0.25, 0.3) is 16.8 Å². The second-order valence-electron chi connectivity index (χ2n) is 6.40. The highest BCUT2D eigenvalue weighted by Crippen LogP contribution is 2.33. The van der Waals surface area contributed by atoms with Gasteiger partial charge in [0.1, 0.15) is 5.82 Å². The Bertz CT molecular complexity index is 1040. The Morgan fingerprint density at radius 3 is 2.43 bits per heavy atom. The van der Waals surface area contributed by atoms with Crippen molar-refractivity contribution in [2.24, 2.45) is 0 Å². The zero-order chi connectivity index (χ0) is 19.7. The molecule has 0 bridgehead atoms. The Morgan fingerprint density at radius 1 is 0.893 bits per heavy atom. The summed E-state index contributed by atoms with van der Waals surface area (Å²) in [5.41, 5.74) is 3.04. The van der Waals surface area contributed by atoms with Crippen molar-refractivity contribution in [3.05, 3.63) is 88.9 Å². The summed E-state index contributed by atoms with van der Waals surface area (Å²) in [4.78, 5) is 0. The third-order valence-corrected chi connectivity index (χ3v) is 4.58. The maximum absolute atomic E-state index is 14.3. The standard InChI is InChI=1S/C21H15F4N3/c22-18-4-2-1-3-17(18)16-9-10-26-12-14-11-13(5-6-15(14)16)19-7-8-20(28-27-19)21(23,24)25/h1-9,11,26H,10,12H2. The van der Waals surface area contributed by atoms with Crippen molar-refractivity contribution in [3.63, 3.8) is 0 Å². The van der Waals surface area contributed by atoms with Gasteiger partial charge in [0.25, 0.3) is 0 Å². The molecular weight excluding hydrogens is 370 g/mol.